The van der Waals surface area contributed by atoms with E-state index in [2.05, 4.69) is 5.10 Å². The summed E-state index contributed by atoms with van der Waals surface area (Å²) in [5.41, 5.74) is 0.101. The van der Waals surface area contributed by atoms with Crippen molar-refractivity contribution in [2.45, 2.75) is 0 Å². The molecule has 1 aromatic heterocycles. The zero-order valence-corrected chi connectivity index (χ0v) is 9.48. The Hall–Kier alpha value is -2.17. The molecule has 0 saturated carbocycles. The van der Waals surface area contributed by atoms with Crippen molar-refractivity contribution in [3.05, 3.63) is 47.5 Å². The molecule has 0 aliphatic heterocycles. The molecule has 4 nitrogen and oxygen atoms in total. The number of carbonyl (C=O) groups excluding carboxylic acids is 1. The van der Waals surface area contributed by atoms with E-state index in [1.54, 1.807) is 19.3 Å². The minimum atomic E-state index is -0.611. The zero-order valence-electron chi connectivity index (χ0n) is 9.48. The molecule has 2 rings (SSSR count). The number of hydrogen-bond acceptors (Lipinski definition) is 3. The molecule has 2 aromatic rings. The predicted molar refractivity (Wildman–Crippen MR) is 59.6 cm³/mol. The summed E-state index contributed by atoms with van der Waals surface area (Å²) >= 11 is 0. The fourth-order valence-electron chi connectivity index (χ4n) is 1.56. The fourth-order valence-corrected chi connectivity index (χ4v) is 1.56. The van der Waals surface area contributed by atoms with Gasteiger partial charge in [-0.25, -0.2) is 4.39 Å². The van der Waals surface area contributed by atoms with Crippen LogP contribution in [-0.2, 0) is 7.05 Å². The number of hydrogen-bond donors (Lipinski definition) is 0. The van der Waals surface area contributed by atoms with Crippen molar-refractivity contribution in [2.24, 2.45) is 7.05 Å². The SMILES string of the molecule is COc1cccc(F)c1C(=O)c1ccn(C)n1. The Morgan fingerprint density at radius 3 is 2.76 bits per heavy atom. The van der Waals surface area contributed by atoms with Crippen LogP contribution in [0.5, 0.6) is 5.75 Å². The molecule has 0 radical (unpaired) electrons. The molecule has 5 heteroatoms. The maximum atomic E-state index is 13.6. The standard InChI is InChI=1S/C12H11FN2O2/c1-15-7-6-9(14-15)12(16)11-8(13)4-3-5-10(11)17-2/h3-7H,1-2H3. The van der Waals surface area contributed by atoms with Crippen LogP contribution in [0.4, 0.5) is 4.39 Å². The summed E-state index contributed by atoms with van der Waals surface area (Å²) in [4.78, 5) is 12.1. The van der Waals surface area contributed by atoms with E-state index in [0.29, 0.717) is 0 Å². The highest BCUT2D eigenvalue weighted by molar-refractivity contribution is 6.09. The van der Waals surface area contributed by atoms with Gasteiger partial charge in [-0.15, -0.1) is 0 Å². The monoisotopic (exact) mass is 234 g/mol. The molecule has 0 fully saturated rings. The lowest BCUT2D eigenvalue weighted by atomic mass is 10.1. The van der Waals surface area contributed by atoms with Gasteiger partial charge in [0, 0.05) is 13.2 Å². The van der Waals surface area contributed by atoms with Gasteiger partial charge >= 0.3 is 0 Å². The van der Waals surface area contributed by atoms with Crippen LogP contribution < -0.4 is 4.74 Å². The maximum Gasteiger partial charge on any atom is 0.219 e. The van der Waals surface area contributed by atoms with Crippen LogP contribution in [-0.4, -0.2) is 22.7 Å². The molecule has 0 unspecified atom stereocenters. The van der Waals surface area contributed by atoms with Crippen molar-refractivity contribution < 1.29 is 13.9 Å². The lowest BCUT2D eigenvalue weighted by molar-refractivity contribution is 0.102. The quantitative estimate of drug-likeness (QED) is 0.760. The molecule has 0 N–H and O–H groups in total. The number of aromatic nitrogens is 2. The molecule has 0 spiro atoms. The smallest absolute Gasteiger partial charge is 0.219 e. The number of ether oxygens (including phenoxy) is 1. The molecule has 0 aliphatic carbocycles. The van der Waals surface area contributed by atoms with E-state index in [-0.39, 0.29) is 17.0 Å². The van der Waals surface area contributed by atoms with Gasteiger partial charge in [0.1, 0.15) is 22.8 Å². The molecule has 0 amide bonds. The van der Waals surface area contributed by atoms with Crippen molar-refractivity contribution in [1.82, 2.24) is 9.78 Å². The molecule has 1 heterocycles. The number of methoxy groups -OCH3 is 1. The van der Waals surface area contributed by atoms with Crippen LogP contribution in [0, 0.1) is 5.82 Å². The van der Waals surface area contributed by atoms with Gasteiger partial charge in [0.15, 0.2) is 0 Å². The van der Waals surface area contributed by atoms with Gasteiger partial charge in [-0.2, -0.15) is 5.10 Å². The number of benzene rings is 1. The Kier molecular flexibility index (Phi) is 2.91. The van der Waals surface area contributed by atoms with Crippen molar-refractivity contribution in [3.63, 3.8) is 0 Å². The molecular formula is C12H11FN2O2. The van der Waals surface area contributed by atoms with Gasteiger partial charge in [0.2, 0.25) is 5.78 Å². The van der Waals surface area contributed by atoms with Crippen molar-refractivity contribution in [3.8, 4) is 5.75 Å². The van der Waals surface area contributed by atoms with Gasteiger partial charge in [0.05, 0.1) is 7.11 Å². The first-order chi connectivity index (χ1) is 8.13. The van der Waals surface area contributed by atoms with E-state index in [0.717, 1.165) is 0 Å². The first-order valence-electron chi connectivity index (χ1n) is 5.00. The van der Waals surface area contributed by atoms with Crippen LogP contribution in [0.3, 0.4) is 0 Å². The summed E-state index contributed by atoms with van der Waals surface area (Å²) in [6, 6.07) is 5.79. The molecule has 0 atom stereocenters. The highest BCUT2D eigenvalue weighted by atomic mass is 19.1. The highest BCUT2D eigenvalue weighted by Gasteiger charge is 2.20. The van der Waals surface area contributed by atoms with E-state index in [9.17, 15) is 9.18 Å². The van der Waals surface area contributed by atoms with Crippen LogP contribution in [0.1, 0.15) is 16.1 Å². The summed E-state index contributed by atoms with van der Waals surface area (Å²) in [6.07, 6.45) is 1.63. The second kappa shape index (κ2) is 4.37. The molecule has 0 saturated heterocycles. The number of aryl methyl sites for hydroxylation is 1. The van der Waals surface area contributed by atoms with Gasteiger partial charge < -0.3 is 4.74 Å². The third-order valence-corrected chi connectivity index (χ3v) is 2.37. The Morgan fingerprint density at radius 1 is 1.41 bits per heavy atom. The average molecular weight is 234 g/mol. The lowest BCUT2D eigenvalue weighted by Crippen LogP contribution is -2.08. The third kappa shape index (κ3) is 2.04. The van der Waals surface area contributed by atoms with Crippen LogP contribution >= 0.6 is 0 Å². The molecular weight excluding hydrogens is 223 g/mol. The van der Waals surface area contributed by atoms with Gasteiger partial charge in [-0.05, 0) is 18.2 Å². The predicted octanol–water partition coefficient (Wildman–Crippen LogP) is 1.80. The van der Waals surface area contributed by atoms with E-state index >= 15 is 0 Å². The van der Waals surface area contributed by atoms with Crippen LogP contribution in [0.15, 0.2) is 30.5 Å². The Bertz CT molecular complexity index is 563. The first kappa shape index (κ1) is 11.3. The van der Waals surface area contributed by atoms with Crippen molar-refractivity contribution in [2.75, 3.05) is 7.11 Å². The van der Waals surface area contributed by atoms with Gasteiger partial charge in [-0.3, -0.25) is 9.48 Å². The summed E-state index contributed by atoms with van der Waals surface area (Å²) < 4.78 is 20.1. The van der Waals surface area contributed by atoms with E-state index in [1.807, 2.05) is 0 Å². The first-order valence-corrected chi connectivity index (χ1v) is 5.00. The highest BCUT2D eigenvalue weighted by Crippen LogP contribution is 2.23. The number of rotatable bonds is 3. The van der Waals surface area contributed by atoms with Crippen LogP contribution in [0.25, 0.3) is 0 Å². The lowest BCUT2D eigenvalue weighted by Gasteiger charge is -2.06. The molecule has 88 valence electrons. The van der Waals surface area contributed by atoms with Crippen molar-refractivity contribution >= 4 is 5.78 Å². The van der Waals surface area contributed by atoms with E-state index < -0.39 is 11.6 Å². The molecule has 0 aliphatic rings. The summed E-state index contributed by atoms with van der Waals surface area (Å²) in [5.74, 6) is -0.888. The maximum absolute atomic E-state index is 13.6. The largest absolute Gasteiger partial charge is 0.496 e. The van der Waals surface area contributed by atoms with Crippen molar-refractivity contribution in [1.29, 1.82) is 0 Å². The Labute approximate surface area is 97.6 Å². The third-order valence-electron chi connectivity index (χ3n) is 2.37. The number of nitrogens with zero attached hydrogens (tertiary/aromatic N) is 2. The van der Waals surface area contributed by atoms with E-state index in [4.69, 9.17) is 4.74 Å². The van der Waals surface area contributed by atoms with Gasteiger partial charge in [-0.1, -0.05) is 6.07 Å². The van der Waals surface area contributed by atoms with Crippen LogP contribution in [0.2, 0.25) is 0 Å². The minimum Gasteiger partial charge on any atom is -0.496 e. The average Bonchev–Trinajstić information content (AvgIpc) is 2.74. The molecule has 0 bridgehead atoms. The number of ketones is 1. The topological polar surface area (TPSA) is 44.1 Å². The molecule has 1 aromatic carbocycles. The second-order valence-electron chi connectivity index (χ2n) is 3.52. The van der Waals surface area contributed by atoms with E-state index in [1.165, 1.54) is 30.0 Å². The minimum absolute atomic E-state index is 0.0892. The zero-order chi connectivity index (χ0) is 12.4. The molecule has 17 heavy (non-hydrogen) atoms. The summed E-state index contributed by atoms with van der Waals surface area (Å²) in [5, 5.41) is 3.95. The second-order valence-corrected chi connectivity index (χ2v) is 3.52. The number of carbonyl (C=O) groups is 1. The Balaban J connectivity index is 2.50. The van der Waals surface area contributed by atoms with Gasteiger partial charge in [0.25, 0.3) is 0 Å². The Morgan fingerprint density at radius 2 is 2.18 bits per heavy atom. The fraction of sp³-hybridized carbons (Fsp3) is 0.167. The normalized spacial score (nSPS) is 10.3. The number of halogens is 1. The summed E-state index contributed by atoms with van der Waals surface area (Å²) in [6.45, 7) is 0. The summed E-state index contributed by atoms with van der Waals surface area (Å²) in [7, 11) is 3.08.